The van der Waals surface area contributed by atoms with Gasteiger partial charge in [0.15, 0.2) is 0 Å². The molecule has 4 rings (SSSR count). The van der Waals surface area contributed by atoms with Gasteiger partial charge in [0.1, 0.15) is 12.4 Å². The summed E-state index contributed by atoms with van der Waals surface area (Å²) in [4.78, 5) is 35.5. The molecular weight excluding hydrogens is 469 g/mol. The van der Waals surface area contributed by atoms with Gasteiger partial charge in [0.2, 0.25) is 5.91 Å². The van der Waals surface area contributed by atoms with Crippen LogP contribution in [0.15, 0.2) is 53.9 Å². The van der Waals surface area contributed by atoms with Gasteiger partial charge in [-0.1, -0.05) is 18.2 Å². The summed E-state index contributed by atoms with van der Waals surface area (Å²) in [6.07, 6.45) is 2.37. The summed E-state index contributed by atoms with van der Waals surface area (Å²) in [6, 6.07) is 14.0. The van der Waals surface area contributed by atoms with Crippen molar-refractivity contribution in [3.05, 3.63) is 79.9 Å². The van der Waals surface area contributed by atoms with Gasteiger partial charge in [-0.05, 0) is 74.1 Å². The normalized spacial score (nSPS) is 13.8. The van der Waals surface area contributed by atoms with E-state index in [4.69, 9.17) is 0 Å². The number of nitrogens with zero attached hydrogens (tertiary/aromatic N) is 3. The van der Waals surface area contributed by atoms with E-state index >= 15 is 0 Å². The number of halogens is 1. The van der Waals surface area contributed by atoms with E-state index in [0.29, 0.717) is 24.5 Å². The Hall–Kier alpha value is -2.55. The molecule has 1 aliphatic rings. The molecule has 1 aromatic carbocycles. The Morgan fingerprint density at radius 2 is 1.76 bits per heavy atom. The second-order valence-electron chi connectivity index (χ2n) is 8.64. The summed E-state index contributed by atoms with van der Waals surface area (Å²) in [7, 11) is 0. The summed E-state index contributed by atoms with van der Waals surface area (Å²) in [5, 5.41) is 1.88. The van der Waals surface area contributed by atoms with E-state index in [0.717, 1.165) is 30.1 Å². The van der Waals surface area contributed by atoms with Crippen molar-refractivity contribution in [1.82, 2.24) is 14.7 Å². The Labute approximate surface area is 208 Å². The van der Waals surface area contributed by atoms with Crippen LogP contribution in [0.5, 0.6) is 0 Å². The molecule has 0 N–H and O–H groups in total. The molecule has 2 amide bonds. The lowest BCUT2D eigenvalue weighted by Gasteiger charge is -2.28. The summed E-state index contributed by atoms with van der Waals surface area (Å²) < 4.78 is 13.4. The molecule has 34 heavy (non-hydrogen) atoms. The fraction of sp³-hybridized carbons (Fsp3) is 0.385. The molecule has 0 aliphatic carbocycles. The number of aryl methyl sites for hydroxylation is 1. The smallest absolute Gasteiger partial charge is 0.264 e. The molecule has 1 aliphatic heterocycles. The standard InChI is InChI=1S/C26H30FN3O2S2/c1-20-6-11-23(34-20)18-30(17-21-7-9-22(27)10-8-21)25(31)19-29(15-14-28-12-2-3-13-28)26(32)24-5-4-16-33-24/h4-11,16H,2-3,12-15,17-19H2,1H3. The lowest BCUT2D eigenvalue weighted by atomic mass is 10.2. The van der Waals surface area contributed by atoms with Crippen LogP contribution >= 0.6 is 22.7 Å². The van der Waals surface area contributed by atoms with Gasteiger partial charge in [-0.3, -0.25) is 9.59 Å². The van der Waals surface area contributed by atoms with Gasteiger partial charge in [0.25, 0.3) is 5.91 Å². The third-order valence-corrected chi connectivity index (χ3v) is 7.86. The lowest BCUT2D eigenvalue weighted by molar-refractivity contribution is -0.133. The molecule has 8 heteroatoms. The number of carbonyl (C=O) groups excluding carboxylic acids is 2. The topological polar surface area (TPSA) is 43.9 Å². The van der Waals surface area contributed by atoms with Crippen molar-refractivity contribution in [2.24, 2.45) is 0 Å². The maximum absolute atomic E-state index is 13.6. The Morgan fingerprint density at radius 3 is 2.41 bits per heavy atom. The largest absolute Gasteiger partial charge is 0.332 e. The predicted octanol–water partition coefficient (Wildman–Crippen LogP) is 5.02. The van der Waals surface area contributed by atoms with Gasteiger partial charge in [-0.2, -0.15) is 0 Å². The molecular formula is C26H30FN3O2S2. The Bertz CT molecular complexity index is 1080. The first kappa shape index (κ1) is 24.6. The summed E-state index contributed by atoms with van der Waals surface area (Å²) in [6.45, 7) is 6.27. The van der Waals surface area contributed by atoms with Gasteiger partial charge in [0, 0.05) is 29.4 Å². The van der Waals surface area contributed by atoms with E-state index in [1.54, 1.807) is 33.3 Å². The van der Waals surface area contributed by atoms with Crippen molar-refractivity contribution < 1.29 is 14.0 Å². The average Bonchev–Trinajstić information content (AvgIpc) is 3.60. The third kappa shape index (κ3) is 6.74. The maximum Gasteiger partial charge on any atom is 0.264 e. The van der Waals surface area contributed by atoms with Crippen LogP contribution in [0.1, 0.15) is 37.8 Å². The van der Waals surface area contributed by atoms with E-state index in [1.807, 2.05) is 36.6 Å². The van der Waals surface area contributed by atoms with Gasteiger partial charge in [-0.15, -0.1) is 22.7 Å². The molecule has 0 radical (unpaired) electrons. The SMILES string of the molecule is Cc1ccc(CN(Cc2ccc(F)cc2)C(=O)CN(CCN2CCCC2)C(=O)c2cccs2)s1. The van der Waals surface area contributed by atoms with E-state index in [1.165, 1.54) is 41.2 Å². The first-order valence-corrected chi connectivity index (χ1v) is 13.3. The number of likely N-dealkylation sites (tertiary alicyclic amines) is 1. The number of hydrogen-bond donors (Lipinski definition) is 0. The van der Waals surface area contributed by atoms with Crippen molar-refractivity contribution in [1.29, 1.82) is 0 Å². The number of amides is 2. The molecule has 1 fully saturated rings. The monoisotopic (exact) mass is 499 g/mol. The highest BCUT2D eigenvalue weighted by Crippen LogP contribution is 2.20. The van der Waals surface area contributed by atoms with Crippen LogP contribution in [0.25, 0.3) is 0 Å². The minimum Gasteiger partial charge on any atom is -0.332 e. The molecule has 3 heterocycles. The van der Waals surface area contributed by atoms with E-state index in [9.17, 15) is 14.0 Å². The zero-order valence-corrected chi connectivity index (χ0v) is 21.0. The number of rotatable bonds is 10. The van der Waals surface area contributed by atoms with Crippen molar-refractivity contribution in [2.75, 3.05) is 32.7 Å². The molecule has 0 spiro atoms. The first-order valence-electron chi connectivity index (χ1n) is 11.6. The average molecular weight is 500 g/mol. The second kappa shape index (κ2) is 11.7. The minimum atomic E-state index is -0.301. The zero-order valence-electron chi connectivity index (χ0n) is 19.4. The van der Waals surface area contributed by atoms with Crippen LogP contribution in [0.3, 0.4) is 0 Å². The molecule has 0 atom stereocenters. The quantitative estimate of drug-likeness (QED) is 0.393. The van der Waals surface area contributed by atoms with Crippen molar-refractivity contribution in [3.8, 4) is 0 Å². The summed E-state index contributed by atoms with van der Waals surface area (Å²) in [5.41, 5.74) is 0.858. The van der Waals surface area contributed by atoms with Crippen molar-refractivity contribution in [2.45, 2.75) is 32.9 Å². The van der Waals surface area contributed by atoms with Crippen LogP contribution in [-0.4, -0.2) is 59.2 Å². The zero-order chi connectivity index (χ0) is 23.9. The molecule has 1 saturated heterocycles. The fourth-order valence-electron chi connectivity index (χ4n) is 4.14. The molecule has 0 bridgehead atoms. The number of thiophene rings is 2. The van der Waals surface area contributed by atoms with Gasteiger partial charge >= 0.3 is 0 Å². The van der Waals surface area contributed by atoms with Gasteiger partial charge in [-0.25, -0.2) is 4.39 Å². The number of benzene rings is 1. The Kier molecular flexibility index (Phi) is 8.48. The number of hydrogen-bond acceptors (Lipinski definition) is 5. The highest BCUT2D eigenvalue weighted by atomic mass is 32.1. The molecule has 180 valence electrons. The highest BCUT2D eigenvalue weighted by Gasteiger charge is 2.25. The molecule has 0 unspecified atom stereocenters. The molecule has 5 nitrogen and oxygen atoms in total. The van der Waals surface area contributed by atoms with E-state index in [2.05, 4.69) is 4.90 Å². The predicted molar refractivity (Wildman–Crippen MR) is 136 cm³/mol. The van der Waals surface area contributed by atoms with E-state index < -0.39 is 0 Å². The van der Waals surface area contributed by atoms with Crippen LogP contribution in [0, 0.1) is 12.7 Å². The number of carbonyl (C=O) groups is 2. The minimum absolute atomic E-state index is 0.0239. The third-order valence-electron chi connectivity index (χ3n) is 6.01. The maximum atomic E-state index is 13.6. The van der Waals surface area contributed by atoms with Crippen molar-refractivity contribution in [3.63, 3.8) is 0 Å². The van der Waals surface area contributed by atoms with Crippen LogP contribution < -0.4 is 0 Å². The second-order valence-corrected chi connectivity index (χ2v) is 11.0. The highest BCUT2D eigenvalue weighted by molar-refractivity contribution is 7.12. The van der Waals surface area contributed by atoms with Gasteiger partial charge < -0.3 is 14.7 Å². The van der Waals surface area contributed by atoms with E-state index in [-0.39, 0.29) is 24.2 Å². The molecule has 0 saturated carbocycles. The molecule has 3 aromatic rings. The van der Waals surface area contributed by atoms with Gasteiger partial charge in [0.05, 0.1) is 11.4 Å². The van der Waals surface area contributed by atoms with Crippen LogP contribution in [0.2, 0.25) is 0 Å². The van der Waals surface area contributed by atoms with Crippen molar-refractivity contribution >= 4 is 34.5 Å². The summed E-state index contributed by atoms with van der Waals surface area (Å²) >= 11 is 3.06. The Morgan fingerprint density at radius 1 is 1.00 bits per heavy atom. The Balaban J connectivity index is 1.50. The molecule has 2 aromatic heterocycles. The first-order chi connectivity index (χ1) is 16.5. The van der Waals surface area contributed by atoms with Crippen LogP contribution in [0.4, 0.5) is 4.39 Å². The fourth-order valence-corrected chi connectivity index (χ4v) is 5.74. The summed E-state index contributed by atoms with van der Waals surface area (Å²) in [5.74, 6) is -0.511. The lowest BCUT2D eigenvalue weighted by Crippen LogP contribution is -2.45. The van der Waals surface area contributed by atoms with Crippen LogP contribution in [-0.2, 0) is 17.9 Å².